The molecule has 1 atom stereocenters. The molecule has 1 heterocycles. The maximum absolute atomic E-state index is 12.0. The lowest BCUT2D eigenvalue weighted by molar-refractivity contribution is -0.141. The van der Waals surface area contributed by atoms with Crippen LogP contribution in [-0.4, -0.2) is 27.9 Å². The fourth-order valence-corrected chi connectivity index (χ4v) is 1.68. The topological polar surface area (TPSA) is 57.6 Å². The van der Waals surface area contributed by atoms with Crippen LogP contribution in [0.3, 0.4) is 0 Å². The standard InChI is InChI=1S/C12H11NO3/c14-11(9-5-2-1-3-6-9)13-8-4-7-10(13)12(15)16/h1-6,8,10H,7H2,(H,15,16)/t10-/m0/s1. The molecule has 0 spiro atoms. The van der Waals surface area contributed by atoms with Crippen LogP contribution in [0.15, 0.2) is 42.6 Å². The van der Waals surface area contributed by atoms with Gasteiger partial charge in [0.1, 0.15) is 6.04 Å². The van der Waals surface area contributed by atoms with E-state index < -0.39 is 12.0 Å². The van der Waals surface area contributed by atoms with Crippen LogP contribution in [-0.2, 0) is 4.79 Å². The Labute approximate surface area is 92.8 Å². The molecule has 0 unspecified atom stereocenters. The highest BCUT2D eigenvalue weighted by Gasteiger charge is 2.30. The van der Waals surface area contributed by atoms with Gasteiger partial charge in [0.25, 0.3) is 5.91 Å². The van der Waals surface area contributed by atoms with Crippen molar-refractivity contribution in [1.82, 2.24) is 4.90 Å². The number of carbonyl (C=O) groups excluding carboxylic acids is 1. The highest BCUT2D eigenvalue weighted by Crippen LogP contribution is 2.18. The Morgan fingerprint density at radius 1 is 1.25 bits per heavy atom. The molecule has 0 radical (unpaired) electrons. The highest BCUT2D eigenvalue weighted by atomic mass is 16.4. The number of nitrogens with zero attached hydrogens (tertiary/aromatic N) is 1. The highest BCUT2D eigenvalue weighted by molar-refractivity contribution is 5.97. The van der Waals surface area contributed by atoms with Gasteiger partial charge in [-0.15, -0.1) is 0 Å². The van der Waals surface area contributed by atoms with Gasteiger partial charge in [-0.1, -0.05) is 24.3 Å². The molecule has 0 saturated carbocycles. The first-order chi connectivity index (χ1) is 7.70. The van der Waals surface area contributed by atoms with Crippen LogP contribution in [0, 0.1) is 0 Å². The number of carbonyl (C=O) groups is 2. The third-order valence-corrected chi connectivity index (χ3v) is 2.50. The van der Waals surface area contributed by atoms with Crippen LogP contribution in [0.2, 0.25) is 0 Å². The third kappa shape index (κ3) is 1.82. The predicted octanol–water partition coefficient (Wildman–Crippen LogP) is 1.50. The Morgan fingerprint density at radius 3 is 2.56 bits per heavy atom. The van der Waals surface area contributed by atoms with Crippen LogP contribution in [0.1, 0.15) is 16.8 Å². The molecule has 4 heteroatoms. The molecule has 0 aromatic heterocycles. The van der Waals surface area contributed by atoms with Crippen LogP contribution in [0.4, 0.5) is 0 Å². The van der Waals surface area contributed by atoms with Gasteiger partial charge in [-0.2, -0.15) is 0 Å². The molecule has 4 nitrogen and oxygen atoms in total. The Hall–Kier alpha value is -2.10. The second-order valence-corrected chi connectivity index (χ2v) is 3.55. The molecular weight excluding hydrogens is 206 g/mol. The van der Waals surface area contributed by atoms with Gasteiger partial charge in [0, 0.05) is 11.8 Å². The van der Waals surface area contributed by atoms with E-state index in [2.05, 4.69) is 0 Å². The van der Waals surface area contributed by atoms with Gasteiger partial charge in [-0.25, -0.2) is 4.79 Å². The molecule has 1 aliphatic rings. The lowest BCUT2D eigenvalue weighted by atomic mass is 10.1. The summed E-state index contributed by atoms with van der Waals surface area (Å²) in [7, 11) is 0. The molecule has 1 aromatic carbocycles. The molecule has 0 fully saturated rings. The number of rotatable bonds is 2. The molecule has 0 bridgehead atoms. The minimum Gasteiger partial charge on any atom is -0.480 e. The normalized spacial score (nSPS) is 18.8. The maximum Gasteiger partial charge on any atom is 0.327 e. The minimum atomic E-state index is -0.978. The van der Waals surface area contributed by atoms with Gasteiger partial charge < -0.3 is 10.0 Å². The van der Waals surface area contributed by atoms with Crippen molar-refractivity contribution in [2.75, 3.05) is 0 Å². The van der Waals surface area contributed by atoms with E-state index in [4.69, 9.17) is 5.11 Å². The lowest BCUT2D eigenvalue weighted by Crippen LogP contribution is -2.38. The molecule has 1 aromatic rings. The predicted molar refractivity (Wildman–Crippen MR) is 57.8 cm³/mol. The van der Waals surface area contributed by atoms with Crippen molar-refractivity contribution in [2.45, 2.75) is 12.5 Å². The van der Waals surface area contributed by atoms with Crippen LogP contribution < -0.4 is 0 Å². The second kappa shape index (κ2) is 4.18. The number of benzene rings is 1. The van der Waals surface area contributed by atoms with Crippen LogP contribution >= 0.6 is 0 Å². The molecule has 0 saturated heterocycles. The molecule has 16 heavy (non-hydrogen) atoms. The van der Waals surface area contributed by atoms with Crippen molar-refractivity contribution in [2.24, 2.45) is 0 Å². The molecule has 1 N–H and O–H groups in total. The van der Waals surface area contributed by atoms with E-state index in [1.54, 1.807) is 30.3 Å². The SMILES string of the molecule is O=C(O)[C@@H]1CC=CN1C(=O)c1ccccc1. The summed E-state index contributed by atoms with van der Waals surface area (Å²) in [5.74, 6) is -1.25. The number of hydrogen-bond donors (Lipinski definition) is 1. The van der Waals surface area contributed by atoms with Crippen LogP contribution in [0.5, 0.6) is 0 Å². The summed E-state index contributed by atoms with van der Waals surface area (Å²) in [6.45, 7) is 0. The summed E-state index contributed by atoms with van der Waals surface area (Å²) < 4.78 is 0. The number of amides is 1. The number of aliphatic carboxylic acids is 1. The van der Waals surface area contributed by atoms with Gasteiger partial charge in [0.05, 0.1) is 0 Å². The fraction of sp³-hybridized carbons (Fsp3) is 0.167. The van der Waals surface area contributed by atoms with Gasteiger partial charge in [0.2, 0.25) is 0 Å². The fourth-order valence-electron chi connectivity index (χ4n) is 1.68. The zero-order chi connectivity index (χ0) is 11.5. The van der Waals surface area contributed by atoms with E-state index >= 15 is 0 Å². The zero-order valence-electron chi connectivity index (χ0n) is 8.54. The molecular formula is C12H11NO3. The van der Waals surface area contributed by atoms with Crippen molar-refractivity contribution < 1.29 is 14.7 Å². The molecule has 0 aliphatic carbocycles. The van der Waals surface area contributed by atoms with Crippen molar-refractivity contribution in [3.8, 4) is 0 Å². The van der Waals surface area contributed by atoms with Crippen LogP contribution in [0.25, 0.3) is 0 Å². The summed E-state index contributed by atoms with van der Waals surface area (Å²) in [5.41, 5.74) is 0.500. The summed E-state index contributed by atoms with van der Waals surface area (Å²) in [4.78, 5) is 24.1. The Bertz CT molecular complexity index is 439. The lowest BCUT2D eigenvalue weighted by Gasteiger charge is -2.20. The first kappa shape index (κ1) is 10.4. The average Bonchev–Trinajstić information content (AvgIpc) is 2.78. The molecule has 1 aliphatic heterocycles. The monoisotopic (exact) mass is 217 g/mol. The molecule has 1 amide bonds. The Kier molecular flexibility index (Phi) is 2.72. The van der Waals surface area contributed by atoms with Crippen molar-refractivity contribution >= 4 is 11.9 Å². The van der Waals surface area contributed by atoms with E-state index in [0.717, 1.165) is 0 Å². The van der Waals surface area contributed by atoms with Gasteiger partial charge >= 0.3 is 5.97 Å². The first-order valence-corrected chi connectivity index (χ1v) is 4.97. The number of carboxylic acids is 1. The van der Waals surface area contributed by atoms with Crippen molar-refractivity contribution in [3.05, 3.63) is 48.2 Å². The zero-order valence-corrected chi connectivity index (χ0v) is 8.54. The Morgan fingerprint density at radius 2 is 1.94 bits per heavy atom. The molecule has 2 rings (SSSR count). The second-order valence-electron chi connectivity index (χ2n) is 3.55. The van der Waals surface area contributed by atoms with Crippen molar-refractivity contribution in [1.29, 1.82) is 0 Å². The summed E-state index contributed by atoms with van der Waals surface area (Å²) in [5, 5.41) is 8.95. The largest absolute Gasteiger partial charge is 0.480 e. The van der Waals surface area contributed by atoms with Gasteiger partial charge in [-0.05, 0) is 18.6 Å². The smallest absolute Gasteiger partial charge is 0.327 e. The summed E-state index contributed by atoms with van der Waals surface area (Å²) in [6, 6.07) is 7.89. The van der Waals surface area contributed by atoms with E-state index in [0.29, 0.717) is 12.0 Å². The third-order valence-electron chi connectivity index (χ3n) is 2.50. The summed E-state index contributed by atoms with van der Waals surface area (Å²) in [6.07, 6.45) is 3.60. The van der Waals surface area contributed by atoms with E-state index in [9.17, 15) is 9.59 Å². The van der Waals surface area contributed by atoms with E-state index in [-0.39, 0.29) is 5.91 Å². The van der Waals surface area contributed by atoms with Gasteiger partial charge in [-0.3, -0.25) is 4.79 Å². The van der Waals surface area contributed by atoms with Gasteiger partial charge in [0.15, 0.2) is 0 Å². The maximum atomic E-state index is 12.0. The summed E-state index contributed by atoms with van der Waals surface area (Å²) >= 11 is 0. The quantitative estimate of drug-likeness (QED) is 0.816. The minimum absolute atomic E-state index is 0.276. The number of hydrogen-bond acceptors (Lipinski definition) is 2. The molecule has 82 valence electrons. The first-order valence-electron chi connectivity index (χ1n) is 4.97. The average molecular weight is 217 g/mol. The Balaban J connectivity index is 2.22. The van der Waals surface area contributed by atoms with E-state index in [1.165, 1.54) is 11.1 Å². The van der Waals surface area contributed by atoms with E-state index in [1.807, 2.05) is 6.07 Å². The van der Waals surface area contributed by atoms with Crippen molar-refractivity contribution in [3.63, 3.8) is 0 Å². The number of carboxylic acid groups (broad SMARTS) is 1.